The van der Waals surface area contributed by atoms with Gasteiger partial charge in [0.2, 0.25) is 5.91 Å². The molecule has 2 aromatic heterocycles. The summed E-state index contributed by atoms with van der Waals surface area (Å²) in [7, 11) is -3.09. The fraction of sp³-hybridized carbons (Fsp3) is 0.364. The Labute approximate surface area is 184 Å². The van der Waals surface area contributed by atoms with Gasteiger partial charge in [0, 0.05) is 22.9 Å². The largest absolute Gasteiger partial charge is 0.366 e. The van der Waals surface area contributed by atoms with E-state index < -0.39 is 15.7 Å². The Hall–Kier alpha value is -3.27. The number of hydrogen-bond donors (Lipinski definition) is 2. The van der Waals surface area contributed by atoms with Crippen molar-refractivity contribution in [1.29, 1.82) is 0 Å². The predicted octanol–water partition coefficient (Wildman–Crippen LogP) is 2.33. The zero-order chi connectivity index (χ0) is 22.6. The lowest BCUT2D eigenvalue weighted by Crippen LogP contribution is -2.16. The number of hydrogen-bond acceptors (Lipinski definition) is 6. The number of fused-ring (bicyclic) bond motifs is 1. The lowest BCUT2D eigenvalue weighted by Gasteiger charge is -2.12. The molecule has 5 rings (SSSR count). The number of amides is 2. The molecule has 1 saturated heterocycles. The standard InChI is InChI=1S/C22H23N5O4S/c1-12-19-17(22(29)24-15-6-4-14(5-7-15)20(23)28)10-18(13-2-3-13)25-21(19)27(26-12)16-8-9-32(30,31)11-16/h4-7,10,13,16H,2-3,8-9,11H2,1H3,(H2,23,28)(H,24,29)/t16-/m1/s1. The lowest BCUT2D eigenvalue weighted by molar-refractivity contribution is 0.0998. The van der Waals surface area contributed by atoms with Gasteiger partial charge in [-0.2, -0.15) is 5.10 Å². The van der Waals surface area contributed by atoms with E-state index in [1.807, 2.05) is 6.07 Å². The Kier molecular flexibility index (Phi) is 4.77. The van der Waals surface area contributed by atoms with Gasteiger partial charge in [0.1, 0.15) is 0 Å². The molecule has 0 bridgehead atoms. The average Bonchev–Trinajstić information content (AvgIpc) is 3.47. The number of rotatable bonds is 5. The Morgan fingerprint density at radius 3 is 2.47 bits per heavy atom. The van der Waals surface area contributed by atoms with Crippen LogP contribution in [0.5, 0.6) is 0 Å². The van der Waals surface area contributed by atoms with Crippen molar-refractivity contribution in [3.8, 4) is 0 Å². The quantitative estimate of drug-likeness (QED) is 0.608. The van der Waals surface area contributed by atoms with Crippen LogP contribution < -0.4 is 11.1 Å². The number of carbonyl (C=O) groups excluding carboxylic acids is 2. The third kappa shape index (κ3) is 3.75. The molecular weight excluding hydrogens is 430 g/mol. The van der Waals surface area contributed by atoms with E-state index in [1.165, 1.54) is 0 Å². The van der Waals surface area contributed by atoms with Crippen LogP contribution >= 0.6 is 0 Å². The van der Waals surface area contributed by atoms with Crippen molar-refractivity contribution in [2.75, 3.05) is 16.8 Å². The number of carbonyl (C=O) groups is 2. The smallest absolute Gasteiger partial charge is 0.256 e. The Bertz CT molecular complexity index is 1360. The number of nitrogens with two attached hydrogens (primary N) is 1. The van der Waals surface area contributed by atoms with Gasteiger partial charge in [-0.05, 0) is 56.5 Å². The first-order valence-electron chi connectivity index (χ1n) is 10.5. The van der Waals surface area contributed by atoms with Gasteiger partial charge in [-0.15, -0.1) is 0 Å². The van der Waals surface area contributed by atoms with Gasteiger partial charge in [0.25, 0.3) is 5.91 Å². The Morgan fingerprint density at radius 1 is 1.16 bits per heavy atom. The van der Waals surface area contributed by atoms with Crippen molar-refractivity contribution >= 4 is 38.4 Å². The minimum absolute atomic E-state index is 0.0340. The topological polar surface area (TPSA) is 137 Å². The first-order chi connectivity index (χ1) is 15.2. The molecule has 1 aromatic carbocycles. The number of sulfone groups is 1. The van der Waals surface area contributed by atoms with Crippen molar-refractivity contribution < 1.29 is 18.0 Å². The van der Waals surface area contributed by atoms with E-state index in [0.29, 0.717) is 45.9 Å². The van der Waals surface area contributed by atoms with Crippen LogP contribution in [0.2, 0.25) is 0 Å². The third-order valence-corrected chi connectivity index (χ3v) is 7.83. The summed E-state index contributed by atoms with van der Waals surface area (Å²) in [5, 5.41) is 8.10. The van der Waals surface area contributed by atoms with Crippen LogP contribution in [0.25, 0.3) is 11.0 Å². The molecule has 2 amide bonds. The van der Waals surface area contributed by atoms with E-state index in [1.54, 1.807) is 35.9 Å². The maximum absolute atomic E-state index is 13.3. The summed E-state index contributed by atoms with van der Waals surface area (Å²) >= 11 is 0. The van der Waals surface area contributed by atoms with E-state index in [-0.39, 0.29) is 23.5 Å². The van der Waals surface area contributed by atoms with Crippen LogP contribution in [0.3, 0.4) is 0 Å². The van der Waals surface area contributed by atoms with E-state index in [0.717, 1.165) is 18.5 Å². The summed E-state index contributed by atoms with van der Waals surface area (Å²) < 4.78 is 25.8. The van der Waals surface area contributed by atoms with E-state index >= 15 is 0 Å². The summed E-state index contributed by atoms with van der Waals surface area (Å²) in [6.07, 6.45) is 2.51. The lowest BCUT2D eigenvalue weighted by atomic mass is 10.1. The van der Waals surface area contributed by atoms with Crippen molar-refractivity contribution in [3.05, 3.63) is 52.8 Å². The second kappa shape index (κ2) is 7.40. The molecule has 1 aliphatic heterocycles. The molecule has 3 aromatic rings. The first-order valence-corrected chi connectivity index (χ1v) is 12.4. The number of nitrogens with one attached hydrogen (secondary N) is 1. The molecule has 10 heteroatoms. The van der Waals surface area contributed by atoms with E-state index in [4.69, 9.17) is 10.7 Å². The van der Waals surface area contributed by atoms with Crippen LogP contribution in [0.1, 0.15) is 63.3 Å². The van der Waals surface area contributed by atoms with Crippen LogP contribution in [0.15, 0.2) is 30.3 Å². The number of anilines is 1. The molecule has 0 radical (unpaired) electrons. The second-order valence-electron chi connectivity index (χ2n) is 8.55. The summed E-state index contributed by atoms with van der Waals surface area (Å²) in [6.45, 7) is 1.80. The summed E-state index contributed by atoms with van der Waals surface area (Å²) in [5.74, 6) is -0.379. The van der Waals surface area contributed by atoms with Crippen molar-refractivity contribution in [3.63, 3.8) is 0 Å². The van der Waals surface area contributed by atoms with E-state index in [2.05, 4.69) is 10.4 Å². The number of benzene rings is 1. The maximum Gasteiger partial charge on any atom is 0.256 e. The Morgan fingerprint density at radius 2 is 1.88 bits per heavy atom. The Balaban J connectivity index is 1.56. The van der Waals surface area contributed by atoms with Crippen molar-refractivity contribution in [2.24, 2.45) is 5.73 Å². The summed E-state index contributed by atoms with van der Waals surface area (Å²) in [5.41, 5.74) is 8.64. The molecule has 9 nitrogen and oxygen atoms in total. The van der Waals surface area contributed by atoms with Gasteiger partial charge in [0.15, 0.2) is 15.5 Å². The number of nitrogens with zero attached hydrogens (tertiary/aromatic N) is 3. The second-order valence-corrected chi connectivity index (χ2v) is 10.8. The molecule has 0 spiro atoms. The molecule has 3 N–H and O–H groups in total. The van der Waals surface area contributed by atoms with Crippen LogP contribution in [-0.4, -0.2) is 46.5 Å². The minimum atomic E-state index is -3.09. The van der Waals surface area contributed by atoms with Crippen molar-refractivity contribution in [1.82, 2.24) is 14.8 Å². The van der Waals surface area contributed by atoms with Gasteiger partial charge in [0.05, 0.1) is 34.2 Å². The monoisotopic (exact) mass is 453 g/mol. The predicted molar refractivity (Wildman–Crippen MR) is 119 cm³/mol. The molecule has 32 heavy (non-hydrogen) atoms. The molecule has 0 unspecified atom stereocenters. The summed E-state index contributed by atoms with van der Waals surface area (Å²) in [4.78, 5) is 29.3. The van der Waals surface area contributed by atoms with Crippen molar-refractivity contribution in [2.45, 2.75) is 38.1 Å². The normalized spacial score (nSPS) is 19.8. The molecule has 1 atom stereocenters. The fourth-order valence-corrected chi connectivity index (χ4v) is 5.93. The maximum atomic E-state index is 13.3. The number of aromatic nitrogens is 3. The molecule has 2 fully saturated rings. The minimum Gasteiger partial charge on any atom is -0.366 e. The number of primary amides is 1. The zero-order valence-corrected chi connectivity index (χ0v) is 18.4. The zero-order valence-electron chi connectivity index (χ0n) is 17.5. The van der Waals surface area contributed by atoms with Crippen LogP contribution in [-0.2, 0) is 9.84 Å². The van der Waals surface area contributed by atoms with Crippen LogP contribution in [0.4, 0.5) is 5.69 Å². The molecule has 1 aliphatic carbocycles. The van der Waals surface area contributed by atoms with Gasteiger partial charge < -0.3 is 11.1 Å². The fourth-order valence-electron chi connectivity index (χ4n) is 4.24. The highest BCUT2D eigenvalue weighted by molar-refractivity contribution is 7.91. The third-order valence-electron chi connectivity index (χ3n) is 6.08. The van der Waals surface area contributed by atoms with Gasteiger partial charge in [-0.1, -0.05) is 0 Å². The highest BCUT2D eigenvalue weighted by atomic mass is 32.2. The molecule has 3 heterocycles. The highest BCUT2D eigenvalue weighted by Crippen LogP contribution is 2.41. The number of pyridine rings is 1. The average molecular weight is 454 g/mol. The number of aryl methyl sites for hydroxylation is 1. The van der Waals surface area contributed by atoms with Gasteiger partial charge in [-0.25, -0.2) is 18.1 Å². The van der Waals surface area contributed by atoms with Gasteiger partial charge in [-0.3, -0.25) is 9.59 Å². The molecule has 166 valence electrons. The first kappa shape index (κ1) is 20.6. The molecular formula is C22H23N5O4S. The van der Waals surface area contributed by atoms with Gasteiger partial charge >= 0.3 is 0 Å². The molecule has 2 aliphatic rings. The van der Waals surface area contributed by atoms with E-state index in [9.17, 15) is 18.0 Å². The summed E-state index contributed by atoms with van der Waals surface area (Å²) in [6, 6.07) is 7.89. The highest BCUT2D eigenvalue weighted by Gasteiger charge is 2.34. The van der Waals surface area contributed by atoms with Crippen LogP contribution in [0, 0.1) is 6.92 Å². The SMILES string of the molecule is Cc1nn([C@@H]2CCS(=O)(=O)C2)c2nc(C3CC3)cc(C(=O)Nc3ccc(C(N)=O)cc3)c12. The molecule has 1 saturated carbocycles.